The predicted octanol–water partition coefficient (Wildman–Crippen LogP) is 1.47. The first-order chi connectivity index (χ1) is 13.2. The maximum Gasteiger partial charge on any atom is 0.203 e. The van der Waals surface area contributed by atoms with Crippen LogP contribution >= 0.6 is 0 Å². The van der Waals surface area contributed by atoms with Crippen molar-refractivity contribution < 1.29 is 23.7 Å². The highest BCUT2D eigenvalue weighted by molar-refractivity contribution is 5.79. The Hall–Kier alpha value is -2.19. The van der Waals surface area contributed by atoms with Crippen LogP contribution in [0.1, 0.15) is 12.0 Å². The number of benzene rings is 1. The molecule has 1 rings (SSSR count). The van der Waals surface area contributed by atoms with Crippen molar-refractivity contribution >= 4 is 5.96 Å². The smallest absolute Gasteiger partial charge is 0.203 e. The van der Waals surface area contributed by atoms with E-state index in [1.807, 2.05) is 12.1 Å². The van der Waals surface area contributed by atoms with Gasteiger partial charge in [-0.2, -0.15) is 0 Å². The molecule has 8 heteroatoms. The molecule has 0 bridgehead atoms. The lowest BCUT2D eigenvalue weighted by Crippen LogP contribution is -2.39. The van der Waals surface area contributed by atoms with Crippen molar-refractivity contribution in [1.82, 2.24) is 10.6 Å². The molecule has 1 aromatic carbocycles. The Kier molecular flexibility index (Phi) is 11.8. The van der Waals surface area contributed by atoms with Crippen molar-refractivity contribution in [2.45, 2.75) is 12.8 Å². The number of methoxy groups -OCH3 is 4. The molecular formula is C19H33N3O5. The van der Waals surface area contributed by atoms with Crippen molar-refractivity contribution in [2.75, 3.05) is 68.4 Å². The van der Waals surface area contributed by atoms with Crippen molar-refractivity contribution in [2.24, 2.45) is 4.99 Å². The van der Waals surface area contributed by atoms with Gasteiger partial charge in [0.2, 0.25) is 5.75 Å². The highest BCUT2D eigenvalue weighted by Gasteiger charge is 2.15. The summed E-state index contributed by atoms with van der Waals surface area (Å²) in [5.74, 6) is 2.70. The molecule has 0 atom stereocenters. The van der Waals surface area contributed by atoms with E-state index in [1.54, 1.807) is 35.5 Å². The zero-order chi connectivity index (χ0) is 19.9. The first-order valence-electron chi connectivity index (χ1n) is 9.00. The first kappa shape index (κ1) is 22.9. The van der Waals surface area contributed by atoms with Crippen LogP contribution in [0.25, 0.3) is 0 Å². The third-order valence-corrected chi connectivity index (χ3v) is 3.89. The Morgan fingerprint density at radius 1 is 0.889 bits per heavy atom. The average Bonchev–Trinajstić information content (AvgIpc) is 2.70. The Balaban J connectivity index is 2.42. The van der Waals surface area contributed by atoms with Crippen LogP contribution in [0.4, 0.5) is 0 Å². The molecule has 0 spiro atoms. The lowest BCUT2D eigenvalue weighted by molar-refractivity contribution is 0.0698. The fourth-order valence-corrected chi connectivity index (χ4v) is 2.52. The highest BCUT2D eigenvalue weighted by atomic mass is 16.5. The van der Waals surface area contributed by atoms with Crippen LogP contribution in [0.5, 0.6) is 17.2 Å². The maximum atomic E-state index is 5.51. The van der Waals surface area contributed by atoms with Crippen LogP contribution in [-0.4, -0.2) is 74.4 Å². The molecule has 0 amide bonds. The van der Waals surface area contributed by atoms with Gasteiger partial charge in [-0.1, -0.05) is 6.07 Å². The number of hydrogen-bond donors (Lipinski definition) is 2. The summed E-state index contributed by atoms with van der Waals surface area (Å²) in [5.41, 5.74) is 1.03. The zero-order valence-corrected chi connectivity index (χ0v) is 17.1. The number of nitrogens with zero attached hydrogens (tertiary/aromatic N) is 1. The Morgan fingerprint density at radius 3 is 2.26 bits per heavy atom. The molecule has 0 radical (unpaired) electrons. The van der Waals surface area contributed by atoms with Crippen LogP contribution in [0.2, 0.25) is 0 Å². The van der Waals surface area contributed by atoms with E-state index in [1.165, 1.54) is 0 Å². The van der Waals surface area contributed by atoms with E-state index in [9.17, 15) is 0 Å². The van der Waals surface area contributed by atoms with Gasteiger partial charge in [0, 0.05) is 39.4 Å². The van der Waals surface area contributed by atoms with E-state index in [0.29, 0.717) is 43.6 Å². The summed E-state index contributed by atoms with van der Waals surface area (Å²) >= 11 is 0. The van der Waals surface area contributed by atoms with Gasteiger partial charge in [-0.25, -0.2) is 0 Å². The molecule has 2 N–H and O–H groups in total. The van der Waals surface area contributed by atoms with E-state index in [4.69, 9.17) is 23.7 Å². The minimum absolute atomic E-state index is 0.605. The minimum Gasteiger partial charge on any atom is -0.493 e. The molecule has 0 aliphatic heterocycles. The van der Waals surface area contributed by atoms with Gasteiger partial charge in [-0.3, -0.25) is 4.99 Å². The normalized spacial score (nSPS) is 11.2. The lowest BCUT2D eigenvalue weighted by Gasteiger charge is -2.16. The lowest BCUT2D eigenvalue weighted by atomic mass is 10.1. The van der Waals surface area contributed by atoms with Gasteiger partial charge in [-0.15, -0.1) is 0 Å². The summed E-state index contributed by atoms with van der Waals surface area (Å²) in [4.78, 5) is 4.23. The fourth-order valence-electron chi connectivity index (χ4n) is 2.52. The van der Waals surface area contributed by atoms with Gasteiger partial charge >= 0.3 is 0 Å². The third kappa shape index (κ3) is 7.92. The van der Waals surface area contributed by atoms with Gasteiger partial charge < -0.3 is 34.3 Å². The summed E-state index contributed by atoms with van der Waals surface area (Å²) in [5, 5.41) is 6.56. The quantitative estimate of drug-likeness (QED) is 0.303. The van der Waals surface area contributed by atoms with Crippen molar-refractivity contribution in [1.29, 1.82) is 0 Å². The molecule has 1 aromatic rings. The van der Waals surface area contributed by atoms with Gasteiger partial charge in [0.1, 0.15) is 0 Å². The summed E-state index contributed by atoms with van der Waals surface area (Å²) in [6, 6.07) is 3.86. The molecule has 0 aromatic heterocycles. The zero-order valence-electron chi connectivity index (χ0n) is 17.1. The van der Waals surface area contributed by atoms with E-state index < -0.39 is 0 Å². The highest BCUT2D eigenvalue weighted by Crippen LogP contribution is 2.39. The molecule has 0 saturated carbocycles. The van der Waals surface area contributed by atoms with E-state index in [0.717, 1.165) is 30.9 Å². The molecule has 0 aliphatic rings. The number of aliphatic imine (C=N–C) groups is 1. The second-order valence-electron chi connectivity index (χ2n) is 5.63. The SMILES string of the molecule is CN=C(NCCCOCCOC)NCCc1ccc(OC)c(OC)c1OC. The molecule has 8 nitrogen and oxygen atoms in total. The van der Waals surface area contributed by atoms with Crippen molar-refractivity contribution in [3.8, 4) is 17.2 Å². The Morgan fingerprint density at radius 2 is 1.63 bits per heavy atom. The number of guanidine groups is 1. The van der Waals surface area contributed by atoms with Gasteiger partial charge in [0.25, 0.3) is 0 Å². The number of ether oxygens (including phenoxy) is 5. The summed E-state index contributed by atoms with van der Waals surface area (Å²) in [7, 11) is 8.26. The standard InChI is InChI=1S/C19H33N3O5/c1-20-19(21-10-6-12-27-14-13-23-2)22-11-9-15-7-8-16(24-3)18(26-5)17(15)25-4/h7-8H,6,9-14H2,1-5H3,(H2,20,21,22). The summed E-state index contributed by atoms with van der Waals surface area (Å²) < 4.78 is 26.6. The maximum absolute atomic E-state index is 5.51. The summed E-state index contributed by atoms with van der Waals surface area (Å²) in [6.45, 7) is 3.42. The molecule has 154 valence electrons. The molecular weight excluding hydrogens is 350 g/mol. The van der Waals surface area contributed by atoms with Gasteiger partial charge in [0.15, 0.2) is 17.5 Å². The van der Waals surface area contributed by atoms with Crippen LogP contribution in [0.15, 0.2) is 17.1 Å². The van der Waals surface area contributed by atoms with E-state index in [-0.39, 0.29) is 0 Å². The minimum atomic E-state index is 0.605. The number of nitrogens with one attached hydrogen (secondary N) is 2. The average molecular weight is 383 g/mol. The Labute approximate surface area is 162 Å². The number of hydrogen-bond acceptors (Lipinski definition) is 6. The van der Waals surface area contributed by atoms with Crippen LogP contribution in [0, 0.1) is 0 Å². The van der Waals surface area contributed by atoms with Crippen LogP contribution < -0.4 is 24.8 Å². The van der Waals surface area contributed by atoms with Crippen LogP contribution in [-0.2, 0) is 15.9 Å². The van der Waals surface area contributed by atoms with E-state index in [2.05, 4.69) is 15.6 Å². The molecule has 0 unspecified atom stereocenters. The summed E-state index contributed by atoms with van der Waals surface area (Å²) in [6.07, 6.45) is 1.65. The van der Waals surface area contributed by atoms with Crippen LogP contribution in [0.3, 0.4) is 0 Å². The van der Waals surface area contributed by atoms with Gasteiger partial charge in [0.05, 0.1) is 34.5 Å². The largest absolute Gasteiger partial charge is 0.493 e. The number of rotatable bonds is 13. The fraction of sp³-hybridized carbons (Fsp3) is 0.632. The van der Waals surface area contributed by atoms with Crippen molar-refractivity contribution in [3.63, 3.8) is 0 Å². The monoisotopic (exact) mass is 383 g/mol. The first-order valence-corrected chi connectivity index (χ1v) is 9.00. The van der Waals surface area contributed by atoms with Crippen molar-refractivity contribution in [3.05, 3.63) is 17.7 Å². The molecule has 27 heavy (non-hydrogen) atoms. The van der Waals surface area contributed by atoms with Gasteiger partial charge in [-0.05, 0) is 18.9 Å². The predicted molar refractivity (Wildman–Crippen MR) is 106 cm³/mol. The Bertz CT molecular complexity index is 567. The molecule has 0 aliphatic carbocycles. The van der Waals surface area contributed by atoms with E-state index >= 15 is 0 Å². The molecule has 0 heterocycles. The second-order valence-corrected chi connectivity index (χ2v) is 5.63. The molecule has 0 fully saturated rings. The second kappa shape index (κ2) is 13.9. The third-order valence-electron chi connectivity index (χ3n) is 3.89. The topological polar surface area (TPSA) is 82.6 Å². The molecule has 0 saturated heterocycles.